The molecule has 3 heteroatoms. The molecule has 0 aliphatic rings. The zero-order chi connectivity index (χ0) is 9.36. The number of hydrogen-bond acceptors (Lipinski definition) is 2. The minimum absolute atomic E-state index is 0.726. The Morgan fingerprint density at radius 3 is 2.69 bits per heavy atom. The van der Waals surface area contributed by atoms with Crippen LogP contribution in [0.15, 0.2) is 30.3 Å². The topological polar surface area (TPSA) is 18.5 Å². The minimum Gasteiger partial charge on any atom is -0.537 e. The molecule has 0 atom stereocenters. The zero-order valence-corrected chi connectivity index (χ0v) is 7.90. The normalized spacial score (nSPS) is 9.62. The van der Waals surface area contributed by atoms with Crippen molar-refractivity contribution in [2.75, 3.05) is 6.61 Å². The molecule has 2 nitrogen and oxygen atoms in total. The lowest BCUT2D eigenvalue weighted by molar-refractivity contribution is 0.283. The van der Waals surface area contributed by atoms with Crippen molar-refractivity contribution in [3.63, 3.8) is 0 Å². The summed E-state index contributed by atoms with van der Waals surface area (Å²) in [6.07, 6.45) is 2.20. The van der Waals surface area contributed by atoms with Gasteiger partial charge in [-0.15, -0.1) is 0 Å². The summed E-state index contributed by atoms with van der Waals surface area (Å²) in [6.45, 7) is 2.85. The molecule has 0 spiro atoms. The third kappa shape index (κ3) is 4.58. The Hall–Kier alpha value is -0.955. The summed E-state index contributed by atoms with van der Waals surface area (Å²) in [7, 11) is 1.39. The molecule has 0 aromatic heterocycles. The Kier molecular flexibility index (Phi) is 5.10. The SMILES string of the molecule is CCCCO[B]Oc1ccccc1. The van der Waals surface area contributed by atoms with Gasteiger partial charge in [-0.25, -0.2) is 0 Å². The van der Waals surface area contributed by atoms with E-state index in [0.29, 0.717) is 0 Å². The van der Waals surface area contributed by atoms with Crippen molar-refractivity contribution < 1.29 is 9.31 Å². The van der Waals surface area contributed by atoms with Crippen molar-refractivity contribution >= 4 is 7.69 Å². The highest BCUT2D eigenvalue weighted by molar-refractivity contribution is 6.19. The van der Waals surface area contributed by atoms with Gasteiger partial charge >= 0.3 is 7.69 Å². The van der Waals surface area contributed by atoms with Crippen LogP contribution in [0.3, 0.4) is 0 Å². The van der Waals surface area contributed by atoms with Gasteiger partial charge in [0.15, 0.2) is 0 Å². The van der Waals surface area contributed by atoms with Crippen LogP contribution in [0, 0.1) is 0 Å². The standard InChI is InChI=1S/C10H14BO2/c1-2-3-9-12-11-13-10-7-5-4-6-8-10/h4-8H,2-3,9H2,1H3. The summed E-state index contributed by atoms with van der Waals surface area (Å²) in [5.74, 6) is 0.805. The van der Waals surface area contributed by atoms with Crippen molar-refractivity contribution in [3.8, 4) is 5.75 Å². The molecule has 0 aliphatic carbocycles. The highest BCUT2D eigenvalue weighted by Gasteiger charge is 1.96. The summed E-state index contributed by atoms with van der Waals surface area (Å²) < 4.78 is 10.3. The molecule has 1 rings (SSSR count). The molecule has 13 heavy (non-hydrogen) atoms. The molecular weight excluding hydrogens is 163 g/mol. The molecule has 1 aromatic carbocycles. The van der Waals surface area contributed by atoms with Crippen molar-refractivity contribution in [2.45, 2.75) is 19.8 Å². The van der Waals surface area contributed by atoms with Gasteiger partial charge in [0.1, 0.15) is 0 Å². The van der Waals surface area contributed by atoms with Crippen molar-refractivity contribution in [2.24, 2.45) is 0 Å². The average molecular weight is 177 g/mol. The first-order valence-electron chi connectivity index (χ1n) is 4.58. The maximum absolute atomic E-state index is 5.21. The fourth-order valence-electron chi connectivity index (χ4n) is 0.864. The van der Waals surface area contributed by atoms with Crippen molar-refractivity contribution in [3.05, 3.63) is 30.3 Å². The van der Waals surface area contributed by atoms with Crippen LogP contribution in [-0.4, -0.2) is 14.3 Å². The third-order valence-electron chi connectivity index (χ3n) is 1.61. The number of rotatable bonds is 6. The van der Waals surface area contributed by atoms with Crippen LogP contribution < -0.4 is 4.65 Å². The quantitative estimate of drug-likeness (QED) is 0.490. The second-order valence-electron chi connectivity index (χ2n) is 2.75. The Labute approximate surface area is 80.2 Å². The van der Waals surface area contributed by atoms with Gasteiger partial charge in [0.05, 0.1) is 5.75 Å². The van der Waals surface area contributed by atoms with Crippen molar-refractivity contribution in [1.29, 1.82) is 0 Å². The van der Waals surface area contributed by atoms with E-state index in [0.717, 1.165) is 25.2 Å². The first-order valence-corrected chi connectivity index (χ1v) is 4.58. The van der Waals surface area contributed by atoms with Gasteiger partial charge in [-0.3, -0.25) is 0 Å². The van der Waals surface area contributed by atoms with E-state index in [1.54, 1.807) is 0 Å². The Morgan fingerprint density at radius 1 is 1.23 bits per heavy atom. The van der Waals surface area contributed by atoms with Crippen LogP contribution in [-0.2, 0) is 4.65 Å². The predicted octanol–water partition coefficient (Wildman–Crippen LogP) is 2.42. The largest absolute Gasteiger partial charge is 0.572 e. The number of para-hydroxylation sites is 1. The lowest BCUT2D eigenvalue weighted by Crippen LogP contribution is -2.08. The van der Waals surface area contributed by atoms with Gasteiger partial charge in [0.2, 0.25) is 0 Å². The van der Waals surface area contributed by atoms with E-state index >= 15 is 0 Å². The number of benzene rings is 1. The van der Waals surface area contributed by atoms with E-state index in [9.17, 15) is 0 Å². The highest BCUT2D eigenvalue weighted by Crippen LogP contribution is 2.07. The first-order chi connectivity index (χ1) is 6.43. The molecule has 1 aromatic rings. The first kappa shape index (κ1) is 10.1. The Bertz CT molecular complexity index is 213. The summed E-state index contributed by atoms with van der Waals surface area (Å²) >= 11 is 0. The van der Waals surface area contributed by atoms with E-state index in [-0.39, 0.29) is 0 Å². The van der Waals surface area contributed by atoms with Gasteiger partial charge in [-0.1, -0.05) is 31.5 Å². The van der Waals surface area contributed by atoms with Gasteiger partial charge < -0.3 is 9.31 Å². The molecule has 0 aliphatic heterocycles. The molecule has 0 N–H and O–H groups in total. The Balaban J connectivity index is 2.07. The summed E-state index contributed by atoms with van der Waals surface area (Å²) in [4.78, 5) is 0. The minimum atomic E-state index is 0.726. The van der Waals surface area contributed by atoms with Crippen LogP contribution in [0.5, 0.6) is 5.75 Å². The van der Waals surface area contributed by atoms with Crippen LogP contribution >= 0.6 is 0 Å². The fourth-order valence-corrected chi connectivity index (χ4v) is 0.864. The smallest absolute Gasteiger partial charge is 0.537 e. The molecule has 0 saturated carbocycles. The van der Waals surface area contributed by atoms with E-state index in [4.69, 9.17) is 9.31 Å². The maximum Gasteiger partial charge on any atom is 0.572 e. The molecule has 69 valence electrons. The molecule has 0 amide bonds. The van der Waals surface area contributed by atoms with Gasteiger partial charge in [-0.2, -0.15) is 0 Å². The second-order valence-corrected chi connectivity index (χ2v) is 2.75. The zero-order valence-electron chi connectivity index (χ0n) is 7.90. The van der Waals surface area contributed by atoms with E-state index in [2.05, 4.69) is 6.92 Å². The lowest BCUT2D eigenvalue weighted by Gasteiger charge is -2.03. The van der Waals surface area contributed by atoms with Crippen LogP contribution in [0.2, 0.25) is 0 Å². The van der Waals surface area contributed by atoms with Gasteiger partial charge in [-0.05, 0) is 18.6 Å². The van der Waals surface area contributed by atoms with E-state index in [1.165, 1.54) is 7.69 Å². The summed E-state index contributed by atoms with van der Waals surface area (Å²) in [5.41, 5.74) is 0. The predicted molar refractivity (Wildman–Crippen MR) is 53.7 cm³/mol. The summed E-state index contributed by atoms with van der Waals surface area (Å²) in [6, 6.07) is 9.58. The molecule has 1 radical (unpaired) electrons. The number of hydrogen-bond donors (Lipinski definition) is 0. The van der Waals surface area contributed by atoms with Gasteiger partial charge in [0, 0.05) is 6.61 Å². The molecular formula is C10H14BO2. The third-order valence-corrected chi connectivity index (χ3v) is 1.61. The molecule has 0 heterocycles. The lowest BCUT2D eigenvalue weighted by atomic mass is 10.3. The van der Waals surface area contributed by atoms with Crippen LogP contribution in [0.4, 0.5) is 0 Å². The monoisotopic (exact) mass is 177 g/mol. The van der Waals surface area contributed by atoms with E-state index in [1.807, 2.05) is 30.3 Å². The van der Waals surface area contributed by atoms with Crippen LogP contribution in [0.1, 0.15) is 19.8 Å². The molecule has 0 saturated heterocycles. The number of unbranched alkanes of at least 4 members (excludes halogenated alkanes) is 1. The molecule has 0 unspecified atom stereocenters. The van der Waals surface area contributed by atoms with Gasteiger partial charge in [0.25, 0.3) is 0 Å². The van der Waals surface area contributed by atoms with E-state index < -0.39 is 0 Å². The fraction of sp³-hybridized carbons (Fsp3) is 0.400. The maximum atomic E-state index is 5.21. The molecule has 0 fully saturated rings. The van der Waals surface area contributed by atoms with Crippen molar-refractivity contribution in [1.82, 2.24) is 0 Å². The second kappa shape index (κ2) is 6.55. The average Bonchev–Trinajstić information content (AvgIpc) is 2.19. The van der Waals surface area contributed by atoms with Crippen LogP contribution in [0.25, 0.3) is 0 Å². The highest BCUT2D eigenvalue weighted by atomic mass is 16.6. The summed E-state index contributed by atoms with van der Waals surface area (Å²) in [5, 5.41) is 0. The Morgan fingerprint density at radius 2 is 2.00 bits per heavy atom. The molecule has 0 bridgehead atoms.